The van der Waals surface area contributed by atoms with E-state index in [-0.39, 0.29) is 30.8 Å². The van der Waals surface area contributed by atoms with Crippen LogP contribution >= 0.6 is 11.8 Å². The second-order valence-electron chi connectivity index (χ2n) is 14.7. The molecule has 0 fully saturated rings. The number of amides is 3. The average Bonchev–Trinajstić information content (AvgIpc) is 3.67. The molecule has 320 valence electrons. The number of carboxylic acid groups (broad SMARTS) is 1. The molecule has 9 N–H and O–H groups in total. The molecule has 0 saturated carbocycles. The fourth-order valence-electron chi connectivity index (χ4n) is 7.34. The van der Waals surface area contributed by atoms with E-state index in [0.29, 0.717) is 66.1 Å². The molecule has 61 heavy (non-hydrogen) atoms. The van der Waals surface area contributed by atoms with Gasteiger partial charge in [-0.2, -0.15) is 0 Å². The number of para-hydroxylation sites is 1. The highest BCUT2D eigenvalue weighted by molar-refractivity contribution is 7.99. The van der Waals surface area contributed by atoms with Crippen LogP contribution in [0.5, 0.6) is 0 Å². The van der Waals surface area contributed by atoms with E-state index >= 15 is 4.39 Å². The first-order valence-corrected chi connectivity index (χ1v) is 20.9. The Bertz CT molecular complexity index is 2470. The maximum absolute atomic E-state index is 16.3. The van der Waals surface area contributed by atoms with Gasteiger partial charge >= 0.3 is 5.97 Å². The number of halogens is 1. The summed E-state index contributed by atoms with van der Waals surface area (Å²) in [5.74, 6) is -3.26. The van der Waals surface area contributed by atoms with Gasteiger partial charge in [0.05, 0.1) is 10.9 Å². The summed E-state index contributed by atoms with van der Waals surface area (Å²) in [4.78, 5) is 77.1. The predicted octanol–water partition coefficient (Wildman–Crippen LogP) is 3.75. The van der Waals surface area contributed by atoms with Gasteiger partial charge in [0.1, 0.15) is 22.9 Å². The normalized spacial score (nSPS) is 18.1. The minimum atomic E-state index is -1.23. The number of benzene rings is 2. The van der Waals surface area contributed by atoms with Crippen molar-refractivity contribution in [2.45, 2.75) is 79.7 Å². The number of aromatic nitrogens is 3. The Hall–Kier alpha value is -6.14. The Morgan fingerprint density at radius 3 is 2.52 bits per heavy atom. The summed E-state index contributed by atoms with van der Waals surface area (Å²) in [6.07, 6.45) is 9.13. The number of hydrogen-bond donors (Lipinski definition) is 7. The van der Waals surface area contributed by atoms with E-state index in [1.807, 2.05) is 30.3 Å². The Morgan fingerprint density at radius 2 is 1.75 bits per heavy atom. The quantitative estimate of drug-likeness (QED) is 0.0706. The van der Waals surface area contributed by atoms with Crippen molar-refractivity contribution in [1.82, 2.24) is 35.4 Å². The number of aromatic amines is 1. The highest BCUT2D eigenvalue weighted by Crippen LogP contribution is 2.38. The van der Waals surface area contributed by atoms with Crippen molar-refractivity contribution in [1.29, 1.82) is 0 Å². The summed E-state index contributed by atoms with van der Waals surface area (Å²) < 4.78 is 17.4. The van der Waals surface area contributed by atoms with Crippen molar-refractivity contribution in [3.8, 4) is 11.1 Å². The number of fused-ring (bicyclic) bond motifs is 3. The topological polar surface area (TPSA) is 231 Å². The number of likely N-dealkylation sites (N-methyl/N-ethyl adjacent to an activating group) is 1. The molecular formula is C44H50FN9O6S. The van der Waals surface area contributed by atoms with Crippen LogP contribution in [0.4, 0.5) is 4.39 Å². The van der Waals surface area contributed by atoms with Crippen LogP contribution in [0.15, 0.2) is 100 Å². The molecular weight excluding hydrogens is 802 g/mol. The van der Waals surface area contributed by atoms with Crippen molar-refractivity contribution in [2.75, 3.05) is 20.1 Å². The van der Waals surface area contributed by atoms with Gasteiger partial charge in [-0.3, -0.25) is 23.7 Å². The van der Waals surface area contributed by atoms with Crippen LogP contribution in [0, 0.1) is 5.82 Å². The van der Waals surface area contributed by atoms with Gasteiger partial charge in [0.15, 0.2) is 0 Å². The highest BCUT2D eigenvalue weighted by Gasteiger charge is 2.34. The lowest BCUT2D eigenvalue weighted by Gasteiger charge is -2.32. The molecule has 0 aliphatic carbocycles. The van der Waals surface area contributed by atoms with Gasteiger partial charge in [-0.15, -0.1) is 0 Å². The number of nitrogens with two attached hydrogens (primary N) is 2. The molecule has 0 bridgehead atoms. The summed E-state index contributed by atoms with van der Waals surface area (Å²) in [6.45, 7) is 0.666. The largest absolute Gasteiger partial charge is 0.478 e. The van der Waals surface area contributed by atoms with Crippen molar-refractivity contribution >= 4 is 52.6 Å². The van der Waals surface area contributed by atoms with E-state index in [2.05, 4.69) is 25.9 Å². The van der Waals surface area contributed by atoms with Gasteiger partial charge in [0.25, 0.3) is 5.56 Å². The van der Waals surface area contributed by atoms with E-state index < -0.39 is 53.2 Å². The van der Waals surface area contributed by atoms with Gasteiger partial charge in [0.2, 0.25) is 17.7 Å². The zero-order chi connectivity index (χ0) is 43.5. The van der Waals surface area contributed by atoms with Crippen molar-refractivity contribution < 1.29 is 28.7 Å². The Labute approximate surface area is 356 Å². The lowest BCUT2D eigenvalue weighted by atomic mass is 9.99. The number of carboxylic acids is 1. The molecule has 1 aliphatic rings. The highest BCUT2D eigenvalue weighted by atomic mass is 32.2. The van der Waals surface area contributed by atoms with Gasteiger partial charge in [-0.25, -0.2) is 14.2 Å². The van der Waals surface area contributed by atoms with Crippen LogP contribution in [0.3, 0.4) is 0 Å². The molecule has 15 nitrogen and oxygen atoms in total. The van der Waals surface area contributed by atoms with Crippen LogP contribution in [0.25, 0.3) is 28.2 Å². The predicted molar refractivity (Wildman–Crippen MR) is 232 cm³/mol. The summed E-state index contributed by atoms with van der Waals surface area (Å²) in [6, 6.07) is 14.0. The maximum Gasteiger partial charge on any atom is 0.329 e. The minimum Gasteiger partial charge on any atom is -0.478 e. The third-order valence-electron chi connectivity index (χ3n) is 10.7. The van der Waals surface area contributed by atoms with Crippen molar-refractivity contribution in [2.24, 2.45) is 11.5 Å². The Balaban J connectivity index is 1.49. The fraction of sp³-hybridized carbons (Fsp3) is 0.318. The molecule has 4 heterocycles. The summed E-state index contributed by atoms with van der Waals surface area (Å²) >= 11 is 1.04. The fourth-order valence-corrected chi connectivity index (χ4v) is 8.39. The van der Waals surface area contributed by atoms with E-state index in [1.54, 1.807) is 24.5 Å². The molecule has 3 aromatic heterocycles. The Morgan fingerprint density at radius 1 is 0.967 bits per heavy atom. The number of nitrogens with zero attached hydrogens (tertiary/aromatic N) is 3. The zero-order valence-corrected chi connectivity index (χ0v) is 34.6. The lowest BCUT2D eigenvalue weighted by molar-refractivity contribution is -0.142. The second kappa shape index (κ2) is 20.9. The summed E-state index contributed by atoms with van der Waals surface area (Å²) in [5.41, 5.74) is 14.6. The Kier molecular flexibility index (Phi) is 15.2. The van der Waals surface area contributed by atoms with Crippen molar-refractivity contribution in [3.63, 3.8) is 0 Å². The van der Waals surface area contributed by atoms with Crippen LogP contribution in [-0.4, -0.2) is 86.5 Å². The number of unbranched alkanes of at least 4 members (excludes halogenated alkanes) is 1. The van der Waals surface area contributed by atoms with E-state index in [9.17, 15) is 24.0 Å². The molecule has 0 saturated heterocycles. The van der Waals surface area contributed by atoms with Gasteiger partial charge in [-0.1, -0.05) is 42.1 Å². The first kappa shape index (κ1) is 44.4. The molecule has 2 aromatic carbocycles. The van der Waals surface area contributed by atoms with Crippen LogP contribution in [-0.2, 0) is 38.7 Å². The number of nitrogens with one attached hydrogen (secondary N) is 4. The monoisotopic (exact) mass is 851 g/mol. The average molecular weight is 852 g/mol. The number of H-pyrrole nitrogens is 1. The van der Waals surface area contributed by atoms with Crippen LogP contribution in [0.2, 0.25) is 0 Å². The van der Waals surface area contributed by atoms with E-state index in [1.165, 1.54) is 36.3 Å². The molecule has 0 radical (unpaired) electrons. The lowest BCUT2D eigenvalue weighted by Crippen LogP contribution is -2.57. The number of pyridine rings is 2. The third-order valence-corrected chi connectivity index (χ3v) is 11.9. The number of rotatable bonds is 12. The molecule has 1 aliphatic heterocycles. The molecule has 17 heteroatoms. The minimum absolute atomic E-state index is 0.0965. The summed E-state index contributed by atoms with van der Waals surface area (Å²) in [7, 11) is 1.53. The molecule has 0 unspecified atom stereocenters. The molecule has 5 aromatic rings. The molecule has 3 amide bonds. The molecule has 3 atom stereocenters. The standard InChI is InChI=1S/C44H50FN9O6S/c1-53-37(22-29-25-49-34-10-3-2-9-31(29)34)42(59)51-26-32-30(27-15-20-54(38(55)23-27)21-16-39(56)57)13-14-33(45)40(32)61-43-28(8-7-19-48-43)24-50-35(12-6-18-47)41(58)52-36(44(53)60)11-4-5-17-46/h2-3,7-10,13-16,19-21,23,25,35-37,49-50H,4-6,11-12,17-18,22,24,26,46-47H2,1H3,(H,51,59)(H,52,58)(H,56,57)/b21-16+/t35-,36-,37-/m0/s1. The zero-order valence-electron chi connectivity index (χ0n) is 33.7. The number of hydrogen-bond acceptors (Lipinski definition) is 10. The first-order chi connectivity index (χ1) is 29.5. The SMILES string of the molecule is CN1C(=O)[C@H](CCCCN)NC(=O)[C@H](CCCN)NCc2cccnc2Sc2c(F)ccc(-c3ccn(/C=C/C(=O)O)c(=O)c3)c2CNC(=O)[C@@H]1Cc1c[nH]c2ccccc12. The molecule has 6 rings (SSSR count). The summed E-state index contributed by atoms with van der Waals surface area (Å²) in [5, 5.41) is 19.7. The maximum atomic E-state index is 16.3. The van der Waals surface area contributed by atoms with Gasteiger partial charge in [0, 0.05) is 74.4 Å². The van der Waals surface area contributed by atoms with Crippen LogP contribution < -0.4 is 33.0 Å². The molecule has 0 spiro atoms. The van der Waals surface area contributed by atoms with Crippen molar-refractivity contribution in [3.05, 3.63) is 118 Å². The van der Waals surface area contributed by atoms with Gasteiger partial charge in [-0.05, 0) is 97.3 Å². The third kappa shape index (κ3) is 11.0. The van der Waals surface area contributed by atoms with E-state index in [0.717, 1.165) is 45.1 Å². The smallest absolute Gasteiger partial charge is 0.329 e. The second-order valence-corrected chi connectivity index (χ2v) is 15.7. The number of carbonyl (C=O) groups excluding carboxylic acids is 3. The van der Waals surface area contributed by atoms with E-state index in [4.69, 9.17) is 16.6 Å². The van der Waals surface area contributed by atoms with Crippen LogP contribution in [0.1, 0.15) is 48.8 Å². The first-order valence-electron chi connectivity index (χ1n) is 20.1. The van der Waals surface area contributed by atoms with Gasteiger partial charge < -0.3 is 42.4 Å². The number of aliphatic carboxylic acids is 1. The number of carbonyl (C=O) groups is 4.